The number of nitrogens with two attached hydrogens (primary N) is 1. The number of hydrogen-bond donors (Lipinski definition) is 1. The van der Waals surface area contributed by atoms with Gasteiger partial charge < -0.3 is 15.2 Å². The average Bonchev–Trinajstić information content (AvgIpc) is 2.31. The van der Waals surface area contributed by atoms with Gasteiger partial charge in [-0.15, -0.1) is 0 Å². The first-order valence-electron chi connectivity index (χ1n) is 4.24. The van der Waals surface area contributed by atoms with Gasteiger partial charge in [-0.2, -0.15) is 0 Å². The predicted octanol–water partition coefficient (Wildman–Crippen LogP) is 1.04. The van der Waals surface area contributed by atoms with Crippen LogP contribution < -0.4 is 5.73 Å². The van der Waals surface area contributed by atoms with Crippen molar-refractivity contribution in [1.29, 1.82) is 0 Å². The van der Waals surface area contributed by atoms with E-state index in [9.17, 15) is 0 Å². The molecule has 1 unspecified atom stereocenters. The summed E-state index contributed by atoms with van der Waals surface area (Å²) in [6.07, 6.45) is 0.841. The van der Waals surface area contributed by atoms with Gasteiger partial charge in [-0.25, -0.2) is 0 Å². The van der Waals surface area contributed by atoms with Crippen molar-refractivity contribution in [3.8, 4) is 0 Å². The summed E-state index contributed by atoms with van der Waals surface area (Å²) < 4.78 is 11.0. The minimum atomic E-state index is -0.456. The fourth-order valence-corrected chi connectivity index (χ4v) is 1.23. The Morgan fingerprint density at radius 2 is 2.33 bits per heavy atom. The van der Waals surface area contributed by atoms with Gasteiger partial charge in [0.05, 0.1) is 6.61 Å². The van der Waals surface area contributed by atoms with Crippen LogP contribution in [0.5, 0.6) is 0 Å². The van der Waals surface area contributed by atoms with E-state index < -0.39 is 5.79 Å². The van der Waals surface area contributed by atoms with Crippen molar-refractivity contribution in [1.82, 2.24) is 0 Å². The third kappa shape index (κ3) is 2.30. The largest absolute Gasteiger partial charge is 0.347 e. The minimum absolute atomic E-state index is 0.0311. The minimum Gasteiger partial charge on any atom is -0.347 e. The zero-order valence-electron chi connectivity index (χ0n) is 7.80. The Bertz CT molecular complexity index is 177. The van der Waals surface area contributed by atoms with E-state index in [1.807, 2.05) is 13.8 Å². The van der Waals surface area contributed by atoms with E-state index in [4.69, 9.17) is 15.2 Å². The fraction of sp³-hybridized carbons (Fsp3) is 0.778. The normalized spacial score (nSPS) is 27.4. The molecule has 1 fully saturated rings. The molecular weight excluding hydrogens is 154 g/mol. The van der Waals surface area contributed by atoms with Crippen molar-refractivity contribution in [2.75, 3.05) is 13.2 Å². The van der Waals surface area contributed by atoms with E-state index in [1.165, 1.54) is 0 Å². The van der Waals surface area contributed by atoms with Gasteiger partial charge in [0.2, 0.25) is 0 Å². The highest BCUT2D eigenvalue weighted by atomic mass is 16.7. The van der Waals surface area contributed by atoms with Gasteiger partial charge >= 0.3 is 0 Å². The Morgan fingerprint density at radius 1 is 1.67 bits per heavy atom. The van der Waals surface area contributed by atoms with E-state index in [0.29, 0.717) is 13.2 Å². The molecule has 3 heteroatoms. The Labute approximate surface area is 73.5 Å². The summed E-state index contributed by atoms with van der Waals surface area (Å²) in [7, 11) is 0. The third-order valence-corrected chi connectivity index (χ3v) is 1.93. The van der Waals surface area contributed by atoms with Crippen LogP contribution in [-0.2, 0) is 9.47 Å². The molecule has 70 valence electrons. The van der Waals surface area contributed by atoms with Crippen LogP contribution in [0, 0.1) is 0 Å². The molecule has 3 nitrogen and oxygen atoms in total. The molecule has 1 saturated heterocycles. The zero-order valence-corrected chi connectivity index (χ0v) is 7.80. The van der Waals surface area contributed by atoms with Gasteiger partial charge in [-0.05, 0) is 32.4 Å². The molecule has 1 atom stereocenters. The Morgan fingerprint density at radius 3 is 2.75 bits per heavy atom. The lowest BCUT2D eigenvalue weighted by atomic mass is 10.1. The van der Waals surface area contributed by atoms with Crippen molar-refractivity contribution < 1.29 is 9.47 Å². The predicted molar refractivity (Wildman–Crippen MR) is 47.7 cm³/mol. The molecule has 0 radical (unpaired) electrons. The lowest BCUT2D eigenvalue weighted by Crippen LogP contribution is -2.22. The quantitative estimate of drug-likeness (QED) is 0.645. The molecule has 1 rings (SSSR count). The van der Waals surface area contributed by atoms with E-state index in [0.717, 1.165) is 12.0 Å². The molecule has 0 aromatic heterocycles. The summed E-state index contributed by atoms with van der Waals surface area (Å²) in [6.45, 7) is 8.95. The van der Waals surface area contributed by atoms with Gasteiger partial charge in [0, 0.05) is 0 Å². The molecule has 1 heterocycles. The van der Waals surface area contributed by atoms with E-state index in [-0.39, 0.29) is 6.10 Å². The lowest BCUT2D eigenvalue weighted by Gasteiger charge is -2.17. The molecule has 12 heavy (non-hydrogen) atoms. The summed E-state index contributed by atoms with van der Waals surface area (Å²) >= 11 is 0. The van der Waals surface area contributed by atoms with Crippen LogP contribution in [0.15, 0.2) is 12.2 Å². The highest BCUT2D eigenvalue weighted by molar-refractivity contribution is 5.04. The van der Waals surface area contributed by atoms with E-state index >= 15 is 0 Å². The lowest BCUT2D eigenvalue weighted by molar-refractivity contribution is -0.134. The molecule has 0 aromatic carbocycles. The molecule has 0 bridgehead atoms. The van der Waals surface area contributed by atoms with E-state index in [2.05, 4.69) is 6.58 Å². The SMILES string of the molecule is C=C(CCN)C1COC(C)(C)O1. The Balaban J connectivity index is 2.41. The molecule has 2 N–H and O–H groups in total. The summed E-state index contributed by atoms with van der Waals surface area (Å²) in [5.74, 6) is -0.456. The second-order valence-electron chi connectivity index (χ2n) is 3.51. The van der Waals surface area contributed by atoms with Crippen molar-refractivity contribution in [3.05, 3.63) is 12.2 Å². The van der Waals surface area contributed by atoms with Crippen molar-refractivity contribution in [2.45, 2.75) is 32.2 Å². The first-order chi connectivity index (χ1) is 5.55. The molecule has 0 saturated carbocycles. The maximum absolute atomic E-state index is 5.59. The summed E-state index contributed by atoms with van der Waals surface area (Å²) in [6, 6.07) is 0. The summed E-state index contributed by atoms with van der Waals surface area (Å²) in [5.41, 5.74) is 6.44. The molecule has 1 aliphatic heterocycles. The third-order valence-electron chi connectivity index (χ3n) is 1.93. The molecule has 0 aromatic rings. The standard InChI is InChI=1S/C9H17NO2/c1-7(4-5-10)8-6-11-9(2,3)12-8/h8H,1,4-6,10H2,2-3H3. The average molecular weight is 171 g/mol. The summed E-state index contributed by atoms with van der Waals surface area (Å²) in [5, 5.41) is 0. The van der Waals surface area contributed by atoms with Crippen LogP contribution in [0.4, 0.5) is 0 Å². The Kier molecular flexibility index (Phi) is 2.88. The Hall–Kier alpha value is -0.380. The maximum Gasteiger partial charge on any atom is 0.163 e. The topological polar surface area (TPSA) is 44.5 Å². The van der Waals surface area contributed by atoms with Crippen LogP contribution >= 0.6 is 0 Å². The number of hydrogen-bond acceptors (Lipinski definition) is 3. The van der Waals surface area contributed by atoms with Crippen LogP contribution in [-0.4, -0.2) is 25.0 Å². The van der Waals surface area contributed by atoms with Gasteiger partial charge in [0.25, 0.3) is 0 Å². The monoisotopic (exact) mass is 171 g/mol. The van der Waals surface area contributed by atoms with Crippen LogP contribution in [0.2, 0.25) is 0 Å². The van der Waals surface area contributed by atoms with Crippen LogP contribution in [0.3, 0.4) is 0 Å². The summed E-state index contributed by atoms with van der Waals surface area (Å²) in [4.78, 5) is 0. The second kappa shape index (κ2) is 3.56. The van der Waals surface area contributed by atoms with Gasteiger partial charge in [-0.3, -0.25) is 0 Å². The van der Waals surface area contributed by atoms with Crippen molar-refractivity contribution >= 4 is 0 Å². The smallest absolute Gasteiger partial charge is 0.163 e. The fourth-order valence-electron chi connectivity index (χ4n) is 1.23. The number of rotatable bonds is 3. The maximum atomic E-state index is 5.59. The highest BCUT2D eigenvalue weighted by Crippen LogP contribution is 2.26. The number of ether oxygens (including phenoxy) is 2. The molecule has 0 spiro atoms. The second-order valence-corrected chi connectivity index (χ2v) is 3.51. The van der Waals surface area contributed by atoms with Crippen LogP contribution in [0.1, 0.15) is 20.3 Å². The van der Waals surface area contributed by atoms with Gasteiger partial charge in [-0.1, -0.05) is 6.58 Å². The zero-order chi connectivity index (χ0) is 9.19. The molecule has 1 aliphatic rings. The van der Waals surface area contributed by atoms with Crippen molar-refractivity contribution in [3.63, 3.8) is 0 Å². The van der Waals surface area contributed by atoms with E-state index in [1.54, 1.807) is 0 Å². The molecule has 0 aliphatic carbocycles. The molecular formula is C9H17NO2. The first-order valence-corrected chi connectivity index (χ1v) is 4.24. The van der Waals surface area contributed by atoms with Gasteiger partial charge in [0.1, 0.15) is 6.10 Å². The van der Waals surface area contributed by atoms with Crippen molar-refractivity contribution in [2.24, 2.45) is 5.73 Å². The van der Waals surface area contributed by atoms with Gasteiger partial charge in [0.15, 0.2) is 5.79 Å². The first kappa shape index (κ1) is 9.71. The molecule has 0 amide bonds. The van der Waals surface area contributed by atoms with Crippen LogP contribution in [0.25, 0.3) is 0 Å². The highest BCUT2D eigenvalue weighted by Gasteiger charge is 2.33.